The smallest absolute Gasteiger partial charge is 0.252 e. The summed E-state index contributed by atoms with van der Waals surface area (Å²) in [5.41, 5.74) is 1.97. The van der Waals surface area contributed by atoms with Crippen molar-refractivity contribution < 1.29 is 9.53 Å². The maximum Gasteiger partial charge on any atom is 0.252 e. The molecule has 0 saturated carbocycles. The Morgan fingerprint density at radius 1 is 1.36 bits per heavy atom. The van der Waals surface area contributed by atoms with Crippen LogP contribution in [-0.4, -0.2) is 36.5 Å². The van der Waals surface area contributed by atoms with Crippen LogP contribution < -0.4 is 10.1 Å². The van der Waals surface area contributed by atoms with E-state index in [0.717, 1.165) is 37.4 Å². The standard InChI is InChI=1S/C20H26N2O2S/c1-2-3-7-18-14-22(13-16-6-4-5-8-19(16)24-18)11-10-21-20(23)17-9-12-25-15-17/h4-6,8-9,12,15,18H,2-3,7,10-11,13-14H2,1H3,(H,21,23). The van der Waals surface area contributed by atoms with E-state index in [1.54, 1.807) is 11.3 Å². The number of hydrogen-bond donors (Lipinski definition) is 1. The Morgan fingerprint density at radius 2 is 2.24 bits per heavy atom. The van der Waals surface area contributed by atoms with Crippen LogP contribution in [0.15, 0.2) is 41.1 Å². The third-order valence-electron chi connectivity index (χ3n) is 4.50. The van der Waals surface area contributed by atoms with Gasteiger partial charge >= 0.3 is 0 Å². The van der Waals surface area contributed by atoms with Gasteiger partial charge in [-0.3, -0.25) is 9.69 Å². The lowest BCUT2D eigenvalue weighted by molar-refractivity contribution is 0.0942. The maximum absolute atomic E-state index is 12.1. The van der Waals surface area contributed by atoms with Crippen molar-refractivity contribution in [1.82, 2.24) is 10.2 Å². The second-order valence-electron chi connectivity index (χ2n) is 6.49. The van der Waals surface area contributed by atoms with Gasteiger partial charge in [0, 0.05) is 42.7 Å². The Bertz CT molecular complexity index is 672. The number of hydrogen-bond acceptors (Lipinski definition) is 4. The fraction of sp³-hybridized carbons (Fsp3) is 0.450. The number of unbranched alkanes of at least 4 members (excludes halogenated alkanes) is 1. The van der Waals surface area contributed by atoms with Gasteiger partial charge in [0.15, 0.2) is 0 Å². The summed E-state index contributed by atoms with van der Waals surface area (Å²) < 4.78 is 6.25. The summed E-state index contributed by atoms with van der Waals surface area (Å²) >= 11 is 1.54. The first kappa shape index (κ1) is 18.0. The van der Waals surface area contributed by atoms with E-state index in [1.807, 2.05) is 22.9 Å². The van der Waals surface area contributed by atoms with Crippen LogP contribution in [0.5, 0.6) is 5.75 Å². The Labute approximate surface area is 153 Å². The van der Waals surface area contributed by atoms with Gasteiger partial charge in [-0.05, 0) is 30.4 Å². The predicted octanol–water partition coefficient (Wildman–Crippen LogP) is 3.93. The molecule has 1 aromatic carbocycles. The number of benzene rings is 1. The van der Waals surface area contributed by atoms with Gasteiger partial charge in [-0.15, -0.1) is 0 Å². The molecular weight excluding hydrogens is 332 g/mol. The zero-order valence-electron chi connectivity index (χ0n) is 14.7. The first-order chi connectivity index (χ1) is 12.3. The summed E-state index contributed by atoms with van der Waals surface area (Å²) in [5, 5.41) is 6.83. The molecule has 0 bridgehead atoms. The molecule has 0 fully saturated rings. The molecule has 134 valence electrons. The molecular formula is C20H26N2O2S. The summed E-state index contributed by atoms with van der Waals surface area (Å²) in [7, 11) is 0. The second kappa shape index (κ2) is 9.02. The van der Waals surface area contributed by atoms with Gasteiger partial charge in [-0.2, -0.15) is 11.3 Å². The lowest BCUT2D eigenvalue weighted by Gasteiger charge is -2.24. The molecule has 2 heterocycles. The lowest BCUT2D eigenvalue weighted by Crippen LogP contribution is -2.38. The minimum Gasteiger partial charge on any atom is -0.489 e. The number of amides is 1. The highest BCUT2D eigenvalue weighted by Crippen LogP contribution is 2.26. The molecule has 0 aliphatic carbocycles. The molecule has 1 amide bonds. The van der Waals surface area contributed by atoms with E-state index >= 15 is 0 Å². The Morgan fingerprint density at radius 3 is 3.04 bits per heavy atom. The summed E-state index contributed by atoms with van der Waals surface area (Å²) in [6.07, 6.45) is 3.65. The van der Waals surface area contributed by atoms with E-state index in [1.165, 1.54) is 18.4 Å². The highest BCUT2D eigenvalue weighted by Gasteiger charge is 2.22. The number of carbonyl (C=O) groups excluding carboxylic acids is 1. The molecule has 1 aliphatic heterocycles. The van der Waals surface area contributed by atoms with E-state index in [2.05, 4.69) is 35.3 Å². The van der Waals surface area contributed by atoms with Crippen molar-refractivity contribution in [2.75, 3.05) is 19.6 Å². The van der Waals surface area contributed by atoms with Crippen LogP contribution in [-0.2, 0) is 6.54 Å². The van der Waals surface area contributed by atoms with Crippen molar-refractivity contribution in [2.45, 2.75) is 38.8 Å². The minimum absolute atomic E-state index is 0.00950. The van der Waals surface area contributed by atoms with Gasteiger partial charge in [0.2, 0.25) is 0 Å². The number of para-hydroxylation sites is 1. The van der Waals surface area contributed by atoms with Gasteiger partial charge < -0.3 is 10.1 Å². The van der Waals surface area contributed by atoms with Crippen molar-refractivity contribution in [3.63, 3.8) is 0 Å². The Hall–Kier alpha value is -1.85. The molecule has 25 heavy (non-hydrogen) atoms. The quantitative estimate of drug-likeness (QED) is 0.815. The van der Waals surface area contributed by atoms with Crippen molar-refractivity contribution in [3.05, 3.63) is 52.2 Å². The number of thiophene rings is 1. The normalized spacial score (nSPS) is 17.4. The molecule has 1 atom stereocenters. The van der Waals surface area contributed by atoms with Crippen LogP contribution in [0.3, 0.4) is 0 Å². The SMILES string of the molecule is CCCCC1CN(CCNC(=O)c2ccsc2)Cc2ccccc2O1. The number of nitrogens with one attached hydrogen (secondary N) is 1. The summed E-state index contributed by atoms with van der Waals surface area (Å²) in [6, 6.07) is 10.2. The molecule has 5 heteroatoms. The minimum atomic E-state index is 0.00950. The third-order valence-corrected chi connectivity index (χ3v) is 5.18. The highest BCUT2D eigenvalue weighted by atomic mass is 32.1. The fourth-order valence-corrected chi connectivity index (χ4v) is 3.77. The number of nitrogens with zero attached hydrogens (tertiary/aromatic N) is 1. The van der Waals surface area contributed by atoms with Gasteiger partial charge in [-0.1, -0.05) is 31.5 Å². The van der Waals surface area contributed by atoms with Crippen LogP contribution in [0.2, 0.25) is 0 Å². The summed E-state index contributed by atoms with van der Waals surface area (Å²) in [5.74, 6) is 1.02. The topological polar surface area (TPSA) is 41.6 Å². The van der Waals surface area contributed by atoms with Gasteiger partial charge in [0.25, 0.3) is 5.91 Å². The van der Waals surface area contributed by atoms with Gasteiger partial charge in [0.05, 0.1) is 0 Å². The fourth-order valence-electron chi connectivity index (χ4n) is 3.14. The summed E-state index contributed by atoms with van der Waals surface area (Å²) in [6.45, 7) is 5.46. The third kappa shape index (κ3) is 5.06. The largest absolute Gasteiger partial charge is 0.489 e. The molecule has 1 aliphatic rings. The molecule has 2 aromatic rings. The Balaban J connectivity index is 1.58. The van der Waals surface area contributed by atoms with E-state index in [9.17, 15) is 4.79 Å². The van der Waals surface area contributed by atoms with Crippen molar-refractivity contribution in [2.24, 2.45) is 0 Å². The lowest BCUT2D eigenvalue weighted by atomic mass is 10.1. The van der Waals surface area contributed by atoms with Crippen LogP contribution in [0.4, 0.5) is 0 Å². The number of carbonyl (C=O) groups is 1. The number of fused-ring (bicyclic) bond motifs is 1. The van der Waals surface area contributed by atoms with Crippen LogP contribution in [0.1, 0.15) is 42.1 Å². The van der Waals surface area contributed by atoms with Crippen LogP contribution in [0.25, 0.3) is 0 Å². The number of ether oxygens (including phenoxy) is 1. The molecule has 1 aromatic heterocycles. The average molecular weight is 359 g/mol. The first-order valence-corrected chi connectivity index (χ1v) is 9.98. The Kier molecular flexibility index (Phi) is 6.48. The molecule has 0 radical (unpaired) electrons. The zero-order valence-corrected chi connectivity index (χ0v) is 15.6. The van der Waals surface area contributed by atoms with Gasteiger partial charge in [0.1, 0.15) is 11.9 Å². The maximum atomic E-state index is 12.1. The summed E-state index contributed by atoms with van der Waals surface area (Å²) in [4.78, 5) is 14.5. The van der Waals surface area contributed by atoms with E-state index < -0.39 is 0 Å². The van der Waals surface area contributed by atoms with Gasteiger partial charge in [-0.25, -0.2) is 0 Å². The van der Waals surface area contributed by atoms with Crippen molar-refractivity contribution >= 4 is 17.2 Å². The monoisotopic (exact) mass is 358 g/mol. The number of rotatable bonds is 7. The first-order valence-electron chi connectivity index (χ1n) is 9.03. The highest BCUT2D eigenvalue weighted by molar-refractivity contribution is 7.08. The van der Waals surface area contributed by atoms with Crippen LogP contribution >= 0.6 is 11.3 Å². The van der Waals surface area contributed by atoms with Crippen LogP contribution in [0, 0.1) is 0 Å². The van der Waals surface area contributed by atoms with E-state index in [-0.39, 0.29) is 12.0 Å². The van der Waals surface area contributed by atoms with Crippen molar-refractivity contribution in [1.29, 1.82) is 0 Å². The van der Waals surface area contributed by atoms with E-state index in [4.69, 9.17) is 4.74 Å². The molecule has 4 nitrogen and oxygen atoms in total. The molecule has 0 saturated heterocycles. The second-order valence-corrected chi connectivity index (χ2v) is 7.27. The van der Waals surface area contributed by atoms with E-state index in [0.29, 0.717) is 6.54 Å². The molecule has 1 unspecified atom stereocenters. The van der Waals surface area contributed by atoms with Crippen molar-refractivity contribution in [3.8, 4) is 5.75 Å². The predicted molar refractivity (Wildman–Crippen MR) is 102 cm³/mol. The molecule has 3 rings (SSSR count). The zero-order chi connectivity index (χ0) is 17.5. The molecule has 0 spiro atoms. The average Bonchev–Trinajstić information content (AvgIpc) is 3.09. The molecule has 1 N–H and O–H groups in total.